The van der Waals surface area contributed by atoms with Gasteiger partial charge in [-0.3, -0.25) is 0 Å². The molecular weight excluding hydrogens is 318 g/mol. The number of anilines is 2. The molecule has 7 nitrogen and oxygen atoms in total. The van der Waals surface area contributed by atoms with Crippen LogP contribution in [0.25, 0.3) is 11.4 Å². The Bertz CT molecular complexity index is 746. The molecule has 2 bridgehead atoms. The Morgan fingerprint density at radius 1 is 1.17 bits per heavy atom. The molecule has 2 unspecified atom stereocenters. The first-order valence-corrected chi connectivity index (χ1v) is 7.73. The van der Waals surface area contributed by atoms with Crippen molar-refractivity contribution in [2.75, 3.05) is 23.7 Å². The van der Waals surface area contributed by atoms with E-state index in [0.29, 0.717) is 19.0 Å². The van der Waals surface area contributed by atoms with Crippen molar-refractivity contribution >= 4 is 11.8 Å². The first kappa shape index (κ1) is 15.1. The highest BCUT2D eigenvalue weighted by Gasteiger charge is 2.34. The number of alkyl halides is 2. The largest absolute Gasteiger partial charge is 0.384 e. The molecule has 4 heterocycles. The quantitative estimate of drug-likeness (QED) is 0.915. The Kier molecular flexibility index (Phi) is 3.72. The minimum Gasteiger partial charge on any atom is -0.384 e. The van der Waals surface area contributed by atoms with Gasteiger partial charge in [-0.15, -0.1) is 0 Å². The molecule has 0 radical (unpaired) electrons. The number of hydrogen-bond acceptors (Lipinski definition) is 7. The second-order valence-electron chi connectivity index (χ2n) is 5.97. The molecule has 2 saturated heterocycles. The van der Waals surface area contributed by atoms with E-state index < -0.39 is 6.43 Å². The first-order chi connectivity index (χ1) is 11.6. The number of pyridine rings is 1. The number of nitrogens with two attached hydrogens (primary N) is 1. The van der Waals surface area contributed by atoms with E-state index in [1.165, 1.54) is 12.5 Å². The first-order valence-electron chi connectivity index (χ1n) is 7.73. The molecule has 0 saturated carbocycles. The molecule has 2 atom stereocenters. The third-order valence-electron chi connectivity index (χ3n) is 4.32. The molecule has 9 heteroatoms. The van der Waals surface area contributed by atoms with Gasteiger partial charge in [0, 0.05) is 30.4 Å². The summed E-state index contributed by atoms with van der Waals surface area (Å²) in [4.78, 5) is 18.5. The predicted molar refractivity (Wildman–Crippen MR) is 82.5 cm³/mol. The van der Waals surface area contributed by atoms with E-state index in [4.69, 9.17) is 10.5 Å². The number of aromatic nitrogens is 4. The lowest BCUT2D eigenvalue weighted by Crippen LogP contribution is -2.43. The molecule has 2 aliphatic heterocycles. The molecule has 24 heavy (non-hydrogen) atoms. The van der Waals surface area contributed by atoms with Gasteiger partial charge in [-0.2, -0.15) is 4.98 Å². The average molecular weight is 334 g/mol. The van der Waals surface area contributed by atoms with Crippen LogP contribution in [0.2, 0.25) is 0 Å². The smallest absolute Gasteiger partial charge is 0.264 e. The number of fused-ring (bicyclic) bond motifs is 2. The SMILES string of the molecule is Nc1cc(C(F)F)c(-c2ncnc(N3CC4CCC(C3)O4)n2)cn1. The maximum absolute atomic E-state index is 13.3. The van der Waals surface area contributed by atoms with Gasteiger partial charge in [0.1, 0.15) is 12.1 Å². The highest BCUT2D eigenvalue weighted by molar-refractivity contribution is 5.62. The topological polar surface area (TPSA) is 90.0 Å². The lowest BCUT2D eigenvalue weighted by atomic mass is 10.1. The van der Waals surface area contributed by atoms with Crippen LogP contribution in [-0.4, -0.2) is 45.2 Å². The fourth-order valence-corrected chi connectivity index (χ4v) is 3.20. The number of hydrogen-bond donors (Lipinski definition) is 1. The summed E-state index contributed by atoms with van der Waals surface area (Å²) >= 11 is 0. The van der Waals surface area contributed by atoms with Crippen molar-refractivity contribution in [2.24, 2.45) is 0 Å². The maximum atomic E-state index is 13.3. The standard InChI is InChI=1S/C15H16F2N6O/c16-13(17)10-3-12(18)19-4-11(10)14-20-7-21-15(22-14)23-5-8-1-2-9(6-23)24-8/h3-4,7-9,13H,1-2,5-6H2,(H2,18,19). The zero-order chi connectivity index (χ0) is 16.7. The van der Waals surface area contributed by atoms with Crippen LogP contribution in [0.15, 0.2) is 18.6 Å². The normalized spacial score (nSPS) is 23.0. The molecule has 2 aliphatic rings. The lowest BCUT2D eigenvalue weighted by molar-refractivity contribution is 0.0299. The van der Waals surface area contributed by atoms with E-state index in [0.717, 1.165) is 18.9 Å². The van der Waals surface area contributed by atoms with Crippen molar-refractivity contribution in [3.05, 3.63) is 24.2 Å². The van der Waals surface area contributed by atoms with Crippen LogP contribution in [0.3, 0.4) is 0 Å². The van der Waals surface area contributed by atoms with Crippen LogP contribution in [0.4, 0.5) is 20.5 Å². The summed E-state index contributed by atoms with van der Waals surface area (Å²) in [6, 6.07) is 1.15. The van der Waals surface area contributed by atoms with Gasteiger partial charge in [0.15, 0.2) is 5.82 Å². The average Bonchev–Trinajstić information content (AvgIpc) is 2.93. The minimum atomic E-state index is -2.69. The third-order valence-corrected chi connectivity index (χ3v) is 4.32. The number of morpholine rings is 1. The Labute approximate surface area is 136 Å². The molecule has 0 aliphatic carbocycles. The van der Waals surface area contributed by atoms with Gasteiger partial charge in [0.2, 0.25) is 5.95 Å². The summed E-state index contributed by atoms with van der Waals surface area (Å²) in [5, 5.41) is 0. The van der Waals surface area contributed by atoms with Gasteiger partial charge in [-0.25, -0.2) is 23.7 Å². The summed E-state index contributed by atoms with van der Waals surface area (Å²) in [6.07, 6.45) is 2.33. The van der Waals surface area contributed by atoms with E-state index in [1.807, 2.05) is 4.90 Å². The van der Waals surface area contributed by atoms with E-state index in [1.54, 1.807) is 0 Å². The fourth-order valence-electron chi connectivity index (χ4n) is 3.20. The number of rotatable bonds is 3. The van der Waals surface area contributed by atoms with Gasteiger partial charge in [0.25, 0.3) is 6.43 Å². The van der Waals surface area contributed by atoms with Crippen molar-refractivity contribution in [3.63, 3.8) is 0 Å². The van der Waals surface area contributed by atoms with Crippen LogP contribution >= 0.6 is 0 Å². The maximum Gasteiger partial charge on any atom is 0.264 e. The van der Waals surface area contributed by atoms with Crippen molar-refractivity contribution in [1.29, 1.82) is 0 Å². The zero-order valence-corrected chi connectivity index (χ0v) is 12.8. The van der Waals surface area contributed by atoms with Gasteiger partial charge in [-0.05, 0) is 18.9 Å². The highest BCUT2D eigenvalue weighted by atomic mass is 19.3. The second kappa shape index (κ2) is 5.90. The van der Waals surface area contributed by atoms with Crippen LogP contribution in [0, 0.1) is 0 Å². The van der Waals surface area contributed by atoms with E-state index in [-0.39, 0.29) is 35.0 Å². The Morgan fingerprint density at radius 2 is 1.92 bits per heavy atom. The van der Waals surface area contributed by atoms with Gasteiger partial charge < -0.3 is 15.4 Å². The fraction of sp³-hybridized carbons (Fsp3) is 0.467. The molecule has 2 aromatic heterocycles. The van der Waals surface area contributed by atoms with Crippen molar-refractivity contribution in [3.8, 4) is 11.4 Å². The van der Waals surface area contributed by atoms with E-state index >= 15 is 0 Å². The second-order valence-corrected chi connectivity index (χ2v) is 5.97. The van der Waals surface area contributed by atoms with Crippen LogP contribution < -0.4 is 10.6 Å². The van der Waals surface area contributed by atoms with Crippen LogP contribution in [0.1, 0.15) is 24.8 Å². The lowest BCUT2D eigenvalue weighted by Gasteiger charge is -2.32. The minimum absolute atomic E-state index is 0.0353. The molecular formula is C15H16F2N6O. The molecule has 0 spiro atoms. The molecule has 2 N–H and O–H groups in total. The number of ether oxygens (including phenoxy) is 1. The van der Waals surface area contributed by atoms with Crippen LogP contribution in [-0.2, 0) is 4.74 Å². The summed E-state index contributed by atoms with van der Waals surface area (Å²) in [5.74, 6) is 0.673. The highest BCUT2D eigenvalue weighted by Crippen LogP contribution is 2.31. The molecule has 4 rings (SSSR count). The molecule has 0 amide bonds. The summed E-state index contributed by atoms with van der Waals surface area (Å²) < 4.78 is 32.3. The zero-order valence-electron chi connectivity index (χ0n) is 12.8. The molecule has 2 aromatic rings. The number of halogens is 2. The third kappa shape index (κ3) is 2.75. The number of nitrogens with zero attached hydrogens (tertiary/aromatic N) is 5. The van der Waals surface area contributed by atoms with Crippen molar-refractivity contribution in [2.45, 2.75) is 31.5 Å². The summed E-state index contributed by atoms with van der Waals surface area (Å²) in [6.45, 7) is 1.39. The van der Waals surface area contributed by atoms with Crippen molar-refractivity contribution in [1.82, 2.24) is 19.9 Å². The predicted octanol–water partition coefficient (Wildman–Crippen LogP) is 1.82. The van der Waals surface area contributed by atoms with E-state index in [9.17, 15) is 8.78 Å². The Balaban J connectivity index is 1.68. The van der Waals surface area contributed by atoms with Gasteiger partial charge in [0.05, 0.1) is 12.2 Å². The summed E-state index contributed by atoms with van der Waals surface area (Å²) in [5.41, 5.74) is 5.44. The van der Waals surface area contributed by atoms with Crippen LogP contribution in [0.5, 0.6) is 0 Å². The Morgan fingerprint density at radius 3 is 2.62 bits per heavy atom. The monoisotopic (exact) mass is 334 g/mol. The molecule has 126 valence electrons. The van der Waals surface area contributed by atoms with Gasteiger partial charge in [-0.1, -0.05) is 0 Å². The number of nitrogen functional groups attached to an aromatic ring is 1. The summed E-state index contributed by atoms with van der Waals surface area (Å²) in [7, 11) is 0. The van der Waals surface area contributed by atoms with E-state index in [2.05, 4.69) is 19.9 Å². The molecule has 2 fully saturated rings. The van der Waals surface area contributed by atoms with Crippen molar-refractivity contribution < 1.29 is 13.5 Å². The van der Waals surface area contributed by atoms with Gasteiger partial charge >= 0.3 is 0 Å². The molecule has 0 aromatic carbocycles. The Hall–Kier alpha value is -2.42.